The van der Waals surface area contributed by atoms with Crippen LogP contribution in [0.5, 0.6) is 0 Å². The predicted octanol–water partition coefficient (Wildman–Crippen LogP) is 2.52. The van der Waals surface area contributed by atoms with Crippen molar-refractivity contribution in [2.75, 3.05) is 6.61 Å². The molecule has 0 aromatic heterocycles. The van der Waals surface area contributed by atoms with Gasteiger partial charge in [-0.15, -0.1) is 0 Å². The van der Waals surface area contributed by atoms with Crippen molar-refractivity contribution in [2.45, 2.75) is 33.8 Å². The molecule has 0 aliphatic heterocycles. The highest BCUT2D eigenvalue weighted by Gasteiger charge is 2.25. The summed E-state index contributed by atoms with van der Waals surface area (Å²) < 4.78 is 10.2. The van der Waals surface area contributed by atoms with Gasteiger partial charge in [0.05, 0.1) is 16.5 Å². The number of carboxylic acids is 1. The fraction of sp³-hybridized carbons (Fsp3) is 0.438. The smallest absolute Gasteiger partial charge is 0.339 e. The molecule has 0 saturated heterocycles. The Kier molecular flexibility index (Phi) is 5.68. The van der Waals surface area contributed by atoms with Crippen LogP contribution < -0.4 is 0 Å². The third kappa shape index (κ3) is 4.87. The van der Waals surface area contributed by atoms with Crippen molar-refractivity contribution in [2.24, 2.45) is 5.41 Å². The Labute approximate surface area is 129 Å². The molecule has 0 radical (unpaired) electrons. The Bertz CT molecular complexity index is 570. The fourth-order valence-electron chi connectivity index (χ4n) is 1.54. The molecule has 1 N–H and O–H groups in total. The number of benzene rings is 1. The van der Waals surface area contributed by atoms with E-state index in [0.717, 1.165) is 0 Å². The summed E-state index contributed by atoms with van der Waals surface area (Å²) in [5, 5.41) is 9.04. The maximum atomic E-state index is 12.0. The van der Waals surface area contributed by atoms with Gasteiger partial charge < -0.3 is 14.6 Å². The van der Waals surface area contributed by atoms with Crippen molar-refractivity contribution in [3.05, 3.63) is 35.4 Å². The summed E-state index contributed by atoms with van der Waals surface area (Å²) in [5.74, 6) is -2.38. The summed E-state index contributed by atoms with van der Waals surface area (Å²) in [6.07, 6.45) is -0.680. The third-order valence-corrected chi connectivity index (χ3v) is 2.75. The van der Waals surface area contributed by atoms with Crippen LogP contribution >= 0.6 is 0 Å². The number of rotatable bonds is 5. The van der Waals surface area contributed by atoms with Crippen molar-refractivity contribution < 1.29 is 29.0 Å². The van der Waals surface area contributed by atoms with E-state index in [4.69, 9.17) is 14.6 Å². The van der Waals surface area contributed by atoms with Crippen LogP contribution in [-0.2, 0) is 14.3 Å². The van der Waals surface area contributed by atoms with E-state index >= 15 is 0 Å². The van der Waals surface area contributed by atoms with Crippen LogP contribution in [0.15, 0.2) is 24.3 Å². The Hall–Kier alpha value is -2.37. The minimum atomic E-state index is -1.21. The van der Waals surface area contributed by atoms with Crippen LogP contribution in [0, 0.1) is 5.41 Å². The van der Waals surface area contributed by atoms with E-state index in [1.807, 2.05) is 0 Å². The second-order valence-electron chi connectivity index (χ2n) is 5.92. The van der Waals surface area contributed by atoms with Gasteiger partial charge in [0.2, 0.25) is 0 Å². The second kappa shape index (κ2) is 7.06. The zero-order valence-electron chi connectivity index (χ0n) is 13.1. The first-order valence-electron chi connectivity index (χ1n) is 6.83. The average Bonchev–Trinajstić information content (AvgIpc) is 2.43. The van der Waals surface area contributed by atoms with Crippen LogP contribution in [-0.4, -0.2) is 35.7 Å². The van der Waals surface area contributed by atoms with Gasteiger partial charge in [0.15, 0.2) is 0 Å². The van der Waals surface area contributed by atoms with Crippen LogP contribution in [0.3, 0.4) is 0 Å². The number of esters is 2. The first-order chi connectivity index (χ1) is 10.1. The first kappa shape index (κ1) is 17.7. The van der Waals surface area contributed by atoms with Gasteiger partial charge in [-0.1, -0.05) is 12.1 Å². The van der Waals surface area contributed by atoms with E-state index < -0.39 is 29.4 Å². The van der Waals surface area contributed by atoms with E-state index in [1.165, 1.54) is 18.2 Å². The maximum absolute atomic E-state index is 12.0. The van der Waals surface area contributed by atoms with Gasteiger partial charge in [0, 0.05) is 0 Å². The number of hydrogen-bond acceptors (Lipinski definition) is 5. The van der Waals surface area contributed by atoms with E-state index in [9.17, 15) is 14.4 Å². The molecule has 1 aromatic carbocycles. The van der Waals surface area contributed by atoms with Crippen molar-refractivity contribution in [3.8, 4) is 0 Å². The van der Waals surface area contributed by atoms with Crippen molar-refractivity contribution in [3.63, 3.8) is 0 Å². The summed E-state index contributed by atoms with van der Waals surface area (Å²) >= 11 is 0. The molecule has 120 valence electrons. The number of ether oxygens (including phenoxy) is 2. The van der Waals surface area contributed by atoms with Gasteiger partial charge in [-0.3, -0.25) is 4.79 Å². The third-order valence-electron chi connectivity index (χ3n) is 2.75. The lowest BCUT2D eigenvalue weighted by atomic mass is 9.97. The number of carboxylic acid groups (broad SMARTS) is 1. The standard InChI is InChI=1S/C16H20O6/c1-10(9-21-15(20)16(2,3)4)22-14(19)12-8-6-5-7-11(12)13(17)18/h5-8,10H,9H2,1-4H3,(H,17,18). The zero-order chi connectivity index (χ0) is 16.9. The molecule has 22 heavy (non-hydrogen) atoms. The lowest BCUT2D eigenvalue weighted by molar-refractivity contribution is -0.155. The highest BCUT2D eigenvalue weighted by atomic mass is 16.6. The van der Waals surface area contributed by atoms with Crippen LogP contribution in [0.2, 0.25) is 0 Å². The number of carbonyl (C=O) groups is 3. The fourth-order valence-corrected chi connectivity index (χ4v) is 1.54. The van der Waals surface area contributed by atoms with Gasteiger partial charge in [-0.2, -0.15) is 0 Å². The SMILES string of the molecule is CC(COC(=O)C(C)(C)C)OC(=O)c1ccccc1C(=O)O. The molecular weight excluding hydrogens is 288 g/mol. The summed E-state index contributed by atoms with van der Waals surface area (Å²) in [5.41, 5.74) is -0.810. The summed E-state index contributed by atoms with van der Waals surface area (Å²) in [4.78, 5) is 34.7. The second-order valence-corrected chi connectivity index (χ2v) is 5.92. The Morgan fingerprint density at radius 1 is 1.14 bits per heavy atom. The average molecular weight is 308 g/mol. The molecule has 0 aliphatic carbocycles. The topological polar surface area (TPSA) is 89.9 Å². The van der Waals surface area contributed by atoms with E-state index in [-0.39, 0.29) is 17.7 Å². The Morgan fingerprint density at radius 2 is 1.68 bits per heavy atom. The molecule has 0 aliphatic rings. The molecule has 1 aromatic rings. The molecule has 6 nitrogen and oxygen atoms in total. The molecule has 1 unspecified atom stereocenters. The Morgan fingerprint density at radius 3 is 2.18 bits per heavy atom. The van der Waals surface area contributed by atoms with Crippen molar-refractivity contribution in [1.29, 1.82) is 0 Å². The summed E-state index contributed by atoms with van der Waals surface area (Å²) in [6.45, 7) is 6.63. The summed E-state index contributed by atoms with van der Waals surface area (Å²) in [6, 6.07) is 5.77. The quantitative estimate of drug-likeness (QED) is 0.841. The summed E-state index contributed by atoms with van der Waals surface area (Å²) in [7, 11) is 0. The number of carbonyl (C=O) groups excluding carboxylic acids is 2. The first-order valence-corrected chi connectivity index (χ1v) is 6.83. The number of aromatic carboxylic acids is 1. The van der Waals surface area contributed by atoms with Gasteiger partial charge in [-0.05, 0) is 39.8 Å². The van der Waals surface area contributed by atoms with Gasteiger partial charge in [-0.25, -0.2) is 9.59 Å². The molecular formula is C16H20O6. The number of hydrogen-bond donors (Lipinski definition) is 1. The van der Waals surface area contributed by atoms with E-state index in [1.54, 1.807) is 33.8 Å². The Balaban J connectivity index is 2.66. The van der Waals surface area contributed by atoms with Crippen molar-refractivity contribution in [1.82, 2.24) is 0 Å². The monoisotopic (exact) mass is 308 g/mol. The highest BCUT2D eigenvalue weighted by molar-refractivity contribution is 6.02. The van der Waals surface area contributed by atoms with Gasteiger partial charge in [0.1, 0.15) is 12.7 Å². The molecule has 0 bridgehead atoms. The largest absolute Gasteiger partial charge is 0.478 e. The molecule has 0 amide bonds. The lowest BCUT2D eigenvalue weighted by Gasteiger charge is -2.19. The molecule has 1 atom stereocenters. The minimum Gasteiger partial charge on any atom is -0.478 e. The zero-order valence-corrected chi connectivity index (χ0v) is 13.1. The minimum absolute atomic E-state index is 0.0380. The van der Waals surface area contributed by atoms with Crippen molar-refractivity contribution >= 4 is 17.9 Å². The molecule has 0 heterocycles. The lowest BCUT2D eigenvalue weighted by Crippen LogP contribution is -2.28. The van der Waals surface area contributed by atoms with E-state index in [2.05, 4.69) is 0 Å². The van der Waals surface area contributed by atoms with E-state index in [0.29, 0.717) is 0 Å². The molecule has 1 rings (SSSR count). The molecule has 0 spiro atoms. The molecule has 0 saturated carbocycles. The highest BCUT2D eigenvalue weighted by Crippen LogP contribution is 2.16. The maximum Gasteiger partial charge on any atom is 0.339 e. The predicted molar refractivity (Wildman–Crippen MR) is 78.7 cm³/mol. The van der Waals surface area contributed by atoms with Crippen LogP contribution in [0.25, 0.3) is 0 Å². The van der Waals surface area contributed by atoms with Crippen LogP contribution in [0.1, 0.15) is 48.4 Å². The molecule has 6 heteroatoms. The normalized spacial score (nSPS) is 12.4. The van der Waals surface area contributed by atoms with Crippen LogP contribution in [0.4, 0.5) is 0 Å². The van der Waals surface area contributed by atoms with Gasteiger partial charge >= 0.3 is 17.9 Å². The van der Waals surface area contributed by atoms with Gasteiger partial charge in [0.25, 0.3) is 0 Å². The molecule has 0 fully saturated rings.